The highest BCUT2D eigenvalue weighted by atomic mass is 32.2. The number of rotatable bonds is 5. The van der Waals surface area contributed by atoms with E-state index in [1.165, 1.54) is 0 Å². The number of benzene rings is 2. The van der Waals surface area contributed by atoms with E-state index in [-0.39, 0.29) is 10.8 Å². The van der Waals surface area contributed by atoms with E-state index >= 15 is 0 Å². The highest BCUT2D eigenvalue weighted by molar-refractivity contribution is 7.92. The predicted molar refractivity (Wildman–Crippen MR) is 89.1 cm³/mol. The highest BCUT2D eigenvalue weighted by Gasteiger charge is 2.18. The zero-order chi connectivity index (χ0) is 16.3. The molecule has 5 heteroatoms. The first-order chi connectivity index (χ1) is 10.3. The third kappa shape index (κ3) is 3.60. The minimum Gasteiger partial charge on any atom is -0.496 e. The van der Waals surface area contributed by atoms with Crippen molar-refractivity contribution in [2.75, 3.05) is 11.8 Å². The molecule has 4 nitrogen and oxygen atoms in total. The Morgan fingerprint density at radius 1 is 1.05 bits per heavy atom. The van der Waals surface area contributed by atoms with Crippen LogP contribution in [0.2, 0.25) is 0 Å². The van der Waals surface area contributed by atoms with Gasteiger partial charge in [0.15, 0.2) is 0 Å². The number of hydrogen-bond acceptors (Lipinski definition) is 3. The van der Waals surface area contributed by atoms with Crippen LogP contribution >= 0.6 is 0 Å². The lowest BCUT2D eigenvalue weighted by molar-refractivity contribution is 0.407. The minimum atomic E-state index is -3.61. The van der Waals surface area contributed by atoms with Gasteiger partial charge in [-0.15, -0.1) is 0 Å². The summed E-state index contributed by atoms with van der Waals surface area (Å²) in [6.45, 7) is 5.96. The largest absolute Gasteiger partial charge is 0.496 e. The Kier molecular flexibility index (Phi) is 4.76. The van der Waals surface area contributed by atoms with Crippen LogP contribution in [0.5, 0.6) is 5.75 Å². The second-order valence-corrected chi connectivity index (χ2v) is 7.21. The van der Waals surface area contributed by atoms with E-state index in [0.717, 1.165) is 11.1 Å². The zero-order valence-electron chi connectivity index (χ0n) is 13.3. The average Bonchev–Trinajstić information content (AvgIpc) is 2.48. The third-order valence-electron chi connectivity index (χ3n) is 3.44. The number of anilines is 1. The molecule has 0 atom stereocenters. The maximum Gasteiger partial charge on any atom is 0.261 e. The molecule has 0 saturated heterocycles. The van der Waals surface area contributed by atoms with Gasteiger partial charge >= 0.3 is 0 Å². The minimum absolute atomic E-state index is 0.171. The van der Waals surface area contributed by atoms with Crippen molar-refractivity contribution in [1.29, 1.82) is 0 Å². The van der Waals surface area contributed by atoms with E-state index in [1.54, 1.807) is 37.4 Å². The fourth-order valence-corrected chi connectivity index (χ4v) is 3.26. The van der Waals surface area contributed by atoms with Crippen LogP contribution in [0.4, 0.5) is 5.69 Å². The Labute approximate surface area is 132 Å². The fourth-order valence-electron chi connectivity index (χ4n) is 2.17. The lowest BCUT2D eigenvalue weighted by Gasteiger charge is -2.14. The molecule has 0 unspecified atom stereocenters. The molecule has 0 radical (unpaired) electrons. The van der Waals surface area contributed by atoms with Gasteiger partial charge in [0.1, 0.15) is 5.75 Å². The second-order valence-electron chi connectivity index (χ2n) is 5.53. The monoisotopic (exact) mass is 319 g/mol. The molecule has 0 saturated carbocycles. The Hall–Kier alpha value is -2.01. The van der Waals surface area contributed by atoms with Crippen LogP contribution < -0.4 is 9.46 Å². The van der Waals surface area contributed by atoms with Crippen molar-refractivity contribution in [3.8, 4) is 5.75 Å². The molecule has 22 heavy (non-hydrogen) atoms. The third-order valence-corrected chi connectivity index (χ3v) is 4.82. The normalized spacial score (nSPS) is 11.5. The molecule has 0 amide bonds. The molecule has 0 aliphatic heterocycles. The van der Waals surface area contributed by atoms with Gasteiger partial charge in [-0.2, -0.15) is 0 Å². The van der Waals surface area contributed by atoms with Crippen molar-refractivity contribution in [1.82, 2.24) is 0 Å². The van der Waals surface area contributed by atoms with Crippen LogP contribution in [-0.4, -0.2) is 15.5 Å². The molecular weight excluding hydrogens is 298 g/mol. The number of hydrogen-bond donors (Lipinski definition) is 1. The molecule has 2 aromatic rings. The van der Waals surface area contributed by atoms with E-state index in [4.69, 9.17) is 4.74 Å². The predicted octanol–water partition coefficient (Wildman–Crippen LogP) is 3.93. The van der Waals surface area contributed by atoms with Crippen LogP contribution in [0.3, 0.4) is 0 Å². The van der Waals surface area contributed by atoms with Crippen molar-refractivity contribution in [2.45, 2.75) is 31.6 Å². The summed E-state index contributed by atoms with van der Waals surface area (Å²) in [5.74, 6) is 0.869. The number of ether oxygens (including phenoxy) is 1. The van der Waals surface area contributed by atoms with Crippen molar-refractivity contribution >= 4 is 15.7 Å². The SMILES string of the molecule is COc1ccc(S(=O)(=O)Nc2ccc(C)cc2)cc1C(C)C. The molecular formula is C17H21NO3S. The van der Waals surface area contributed by atoms with Crippen molar-refractivity contribution in [3.05, 3.63) is 53.6 Å². The van der Waals surface area contributed by atoms with Gasteiger partial charge in [0.2, 0.25) is 0 Å². The van der Waals surface area contributed by atoms with Crippen molar-refractivity contribution in [2.24, 2.45) is 0 Å². The summed E-state index contributed by atoms with van der Waals surface area (Å²) >= 11 is 0. The van der Waals surface area contributed by atoms with Gasteiger partial charge in [0, 0.05) is 5.69 Å². The Morgan fingerprint density at radius 2 is 1.68 bits per heavy atom. The number of aryl methyl sites for hydroxylation is 1. The number of methoxy groups -OCH3 is 1. The first kappa shape index (κ1) is 16.4. The topological polar surface area (TPSA) is 55.4 Å². The summed E-state index contributed by atoms with van der Waals surface area (Å²) in [4.78, 5) is 0.234. The van der Waals surface area contributed by atoms with Gasteiger partial charge < -0.3 is 4.74 Å². The Balaban J connectivity index is 2.37. The molecule has 0 fully saturated rings. The summed E-state index contributed by atoms with van der Waals surface area (Å²) in [6.07, 6.45) is 0. The van der Waals surface area contributed by atoms with E-state index in [2.05, 4.69) is 4.72 Å². The van der Waals surface area contributed by atoms with Crippen LogP contribution in [0.1, 0.15) is 30.9 Å². The smallest absolute Gasteiger partial charge is 0.261 e. The summed E-state index contributed by atoms with van der Waals surface area (Å²) in [7, 11) is -2.03. The quantitative estimate of drug-likeness (QED) is 0.908. The lowest BCUT2D eigenvalue weighted by atomic mass is 10.0. The maximum atomic E-state index is 12.5. The molecule has 0 aliphatic rings. The Morgan fingerprint density at radius 3 is 2.23 bits per heavy atom. The van der Waals surface area contributed by atoms with Crippen LogP contribution in [0, 0.1) is 6.92 Å². The van der Waals surface area contributed by atoms with Crippen molar-refractivity contribution in [3.63, 3.8) is 0 Å². The van der Waals surface area contributed by atoms with E-state index < -0.39 is 10.0 Å². The van der Waals surface area contributed by atoms with E-state index in [0.29, 0.717) is 11.4 Å². The summed E-state index contributed by atoms with van der Waals surface area (Å²) < 4.78 is 32.9. The zero-order valence-corrected chi connectivity index (χ0v) is 14.1. The lowest BCUT2D eigenvalue weighted by Crippen LogP contribution is -2.13. The van der Waals surface area contributed by atoms with Gasteiger partial charge in [-0.1, -0.05) is 31.5 Å². The second kappa shape index (κ2) is 6.40. The average molecular weight is 319 g/mol. The summed E-state index contributed by atoms with van der Waals surface area (Å²) in [5, 5.41) is 0. The molecule has 0 aromatic heterocycles. The first-order valence-electron chi connectivity index (χ1n) is 7.11. The van der Waals surface area contributed by atoms with Gasteiger partial charge in [0.05, 0.1) is 12.0 Å². The fraction of sp³-hybridized carbons (Fsp3) is 0.294. The van der Waals surface area contributed by atoms with E-state index in [1.807, 2.05) is 32.9 Å². The number of nitrogens with one attached hydrogen (secondary N) is 1. The standard InChI is InChI=1S/C17H21NO3S/c1-12(2)16-11-15(9-10-17(16)21-4)22(19,20)18-14-7-5-13(3)6-8-14/h5-12,18H,1-4H3. The van der Waals surface area contributed by atoms with Gasteiger partial charge in [-0.3, -0.25) is 4.72 Å². The molecule has 0 bridgehead atoms. The first-order valence-corrected chi connectivity index (χ1v) is 8.59. The molecule has 2 rings (SSSR count). The van der Waals surface area contributed by atoms with E-state index in [9.17, 15) is 8.42 Å². The number of sulfonamides is 1. The summed E-state index contributed by atoms with van der Waals surface area (Å²) in [5.41, 5.74) is 2.50. The molecule has 2 aromatic carbocycles. The van der Waals surface area contributed by atoms with Gasteiger partial charge in [-0.25, -0.2) is 8.42 Å². The van der Waals surface area contributed by atoms with Crippen LogP contribution in [-0.2, 0) is 10.0 Å². The Bertz CT molecular complexity index is 750. The molecule has 118 valence electrons. The molecule has 0 heterocycles. The van der Waals surface area contributed by atoms with Crippen LogP contribution in [0.15, 0.2) is 47.4 Å². The van der Waals surface area contributed by atoms with Gasteiger partial charge in [-0.05, 0) is 48.7 Å². The highest BCUT2D eigenvalue weighted by Crippen LogP contribution is 2.29. The molecule has 1 N–H and O–H groups in total. The van der Waals surface area contributed by atoms with Crippen molar-refractivity contribution < 1.29 is 13.2 Å². The molecule has 0 spiro atoms. The molecule has 0 aliphatic carbocycles. The van der Waals surface area contributed by atoms with Gasteiger partial charge in [0.25, 0.3) is 10.0 Å². The summed E-state index contributed by atoms with van der Waals surface area (Å²) in [6, 6.07) is 12.1. The maximum absolute atomic E-state index is 12.5. The van der Waals surface area contributed by atoms with Crippen LogP contribution in [0.25, 0.3) is 0 Å².